The molecule has 0 aliphatic carbocycles. The molecule has 0 N–H and O–H groups in total. The van der Waals surface area contributed by atoms with E-state index in [2.05, 4.69) is 102 Å². The molecular formula is C43H28N4O. The van der Waals surface area contributed by atoms with Crippen LogP contribution in [0, 0.1) is 0 Å². The van der Waals surface area contributed by atoms with Crippen LogP contribution in [0.5, 0.6) is 0 Å². The van der Waals surface area contributed by atoms with Crippen LogP contribution in [-0.2, 0) is 0 Å². The van der Waals surface area contributed by atoms with Crippen LogP contribution in [-0.4, -0.2) is 15.0 Å². The van der Waals surface area contributed by atoms with Crippen molar-refractivity contribution in [1.29, 1.82) is 0 Å². The van der Waals surface area contributed by atoms with E-state index in [1.54, 1.807) is 0 Å². The molecule has 0 aliphatic rings. The molecule has 0 amide bonds. The van der Waals surface area contributed by atoms with Crippen molar-refractivity contribution in [3.63, 3.8) is 0 Å². The third kappa shape index (κ3) is 4.77. The lowest BCUT2D eigenvalue weighted by Crippen LogP contribution is -2.09. The summed E-state index contributed by atoms with van der Waals surface area (Å²) in [5.74, 6) is 1.83. The van der Waals surface area contributed by atoms with Crippen LogP contribution in [0.25, 0.3) is 66.9 Å². The van der Waals surface area contributed by atoms with Crippen LogP contribution in [0.15, 0.2) is 174 Å². The second kappa shape index (κ2) is 11.6. The number of fused-ring (bicyclic) bond motifs is 5. The number of benzene rings is 7. The van der Waals surface area contributed by atoms with Gasteiger partial charge in [-0.1, -0.05) is 133 Å². The van der Waals surface area contributed by atoms with Crippen LogP contribution in [0.1, 0.15) is 0 Å². The van der Waals surface area contributed by atoms with Gasteiger partial charge in [0.15, 0.2) is 23.1 Å². The Morgan fingerprint density at radius 1 is 0.417 bits per heavy atom. The van der Waals surface area contributed by atoms with E-state index in [1.165, 1.54) is 0 Å². The fraction of sp³-hybridized carbons (Fsp3) is 0. The minimum atomic E-state index is 0.592. The zero-order valence-electron chi connectivity index (χ0n) is 25.9. The predicted octanol–water partition coefficient (Wildman–Crippen LogP) is 11.4. The van der Waals surface area contributed by atoms with Gasteiger partial charge in [-0.2, -0.15) is 0 Å². The van der Waals surface area contributed by atoms with Gasteiger partial charge in [0.25, 0.3) is 0 Å². The maximum Gasteiger partial charge on any atom is 0.164 e. The van der Waals surface area contributed by atoms with Crippen molar-refractivity contribution >= 4 is 49.8 Å². The Kier molecular flexibility index (Phi) is 6.72. The number of nitrogens with zero attached hydrogens (tertiary/aromatic N) is 4. The number of hydrogen-bond acceptors (Lipinski definition) is 5. The quantitative estimate of drug-likeness (QED) is 0.186. The monoisotopic (exact) mass is 616 g/mol. The summed E-state index contributed by atoms with van der Waals surface area (Å²) in [5, 5.41) is 4.04. The Balaban J connectivity index is 1.36. The molecule has 0 aliphatic heterocycles. The molecule has 0 spiro atoms. The first-order valence-electron chi connectivity index (χ1n) is 16.0. The summed E-state index contributed by atoms with van der Waals surface area (Å²) >= 11 is 0. The fourth-order valence-electron chi connectivity index (χ4n) is 6.48. The first-order chi connectivity index (χ1) is 23.8. The van der Waals surface area contributed by atoms with E-state index in [0.29, 0.717) is 17.5 Å². The number of furan rings is 1. The smallest absolute Gasteiger partial charge is 0.164 e. The molecular weight excluding hydrogens is 589 g/mol. The number of anilines is 3. The molecule has 0 saturated carbocycles. The van der Waals surface area contributed by atoms with E-state index in [9.17, 15) is 0 Å². The summed E-state index contributed by atoms with van der Waals surface area (Å²) in [6.07, 6.45) is 0. The van der Waals surface area contributed by atoms with E-state index in [1.807, 2.05) is 72.8 Å². The van der Waals surface area contributed by atoms with Crippen LogP contribution in [0.4, 0.5) is 17.1 Å². The van der Waals surface area contributed by atoms with Crippen LogP contribution >= 0.6 is 0 Å². The van der Waals surface area contributed by atoms with Crippen molar-refractivity contribution in [2.75, 3.05) is 4.90 Å². The molecule has 2 aromatic heterocycles. The lowest BCUT2D eigenvalue weighted by atomic mass is 9.99. The first-order valence-corrected chi connectivity index (χ1v) is 16.0. The molecule has 48 heavy (non-hydrogen) atoms. The minimum Gasteiger partial charge on any atom is -0.453 e. The van der Waals surface area contributed by atoms with E-state index >= 15 is 0 Å². The standard InChI is InChI=1S/C43H28N4O/c1-5-16-29(17-6-1)41-44-42(30-18-7-2-8-19-30)46-43(45-41)36-28-31-20-13-14-25-34(31)40-38(36)35-26-15-27-37(39(35)48-40)47(32-21-9-3-10-22-32)33-23-11-4-12-24-33/h1-28H. The van der Waals surface area contributed by atoms with Crippen LogP contribution < -0.4 is 4.90 Å². The Morgan fingerprint density at radius 2 is 0.917 bits per heavy atom. The number of para-hydroxylation sites is 3. The Hall–Kier alpha value is -6.59. The second-order valence-corrected chi connectivity index (χ2v) is 11.7. The van der Waals surface area contributed by atoms with Crippen molar-refractivity contribution in [2.24, 2.45) is 0 Å². The normalized spacial score (nSPS) is 11.3. The lowest BCUT2D eigenvalue weighted by Gasteiger charge is -2.25. The molecule has 0 bridgehead atoms. The van der Waals surface area contributed by atoms with Gasteiger partial charge in [-0.05, 0) is 41.8 Å². The number of aromatic nitrogens is 3. The molecule has 5 nitrogen and oxygen atoms in total. The van der Waals surface area contributed by atoms with E-state index in [-0.39, 0.29) is 0 Å². The zero-order chi connectivity index (χ0) is 31.9. The summed E-state index contributed by atoms with van der Waals surface area (Å²) in [4.78, 5) is 17.4. The van der Waals surface area contributed by atoms with E-state index < -0.39 is 0 Å². The SMILES string of the molecule is c1ccc(-c2nc(-c3ccccc3)nc(-c3cc4ccccc4c4oc5c(N(c6ccccc6)c6ccccc6)cccc5c34)n2)cc1. The fourth-order valence-corrected chi connectivity index (χ4v) is 6.48. The average Bonchev–Trinajstić information content (AvgIpc) is 3.57. The van der Waals surface area contributed by atoms with Crippen molar-refractivity contribution in [2.45, 2.75) is 0 Å². The van der Waals surface area contributed by atoms with Crippen LogP contribution in [0.2, 0.25) is 0 Å². The molecule has 0 fully saturated rings. The van der Waals surface area contributed by atoms with E-state index in [0.717, 1.165) is 66.5 Å². The second-order valence-electron chi connectivity index (χ2n) is 11.7. The molecule has 9 rings (SSSR count). The summed E-state index contributed by atoms with van der Waals surface area (Å²) in [7, 11) is 0. The van der Waals surface area contributed by atoms with Gasteiger partial charge in [-0.15, -0.1) is 0 Å². The van der Waals surface area contributed by atoms with E-state index in [4.69, 9.17) is 19.4 Å². The van der Waals surface area contributed by atoms with Gasteiger partial charge in [0.2, 0.25) is 0 Å². The molecule has 5 heteroatoms. The lowest BCUT2D eigenvalue weighted by molar-refractivity contribution is 0.673. The first kappa shape index (κ1) is 27.7. The zero-order valence-corrected chi connectivity index (χ0v) is 25.9. The summed E-state index contributed by atoms with van der Waals surface area (Å²) in [6.45, 7) is 0. The van der Waals surface area contributed by atoms with Gasteiger partial charge in [-0.25, -0.2) is 15.0 Å². The van der Waals surface area contributed by atoms with Gasteiger partial charge in [-0.3, -0.25) is 0 Å². The Morgan fingerprint density at radius 3 is 1.52 bits per heavy atom. The predicted molar refractivity (Wildman–Crippen MR) is 196 cm³/mol. The molecule has 226 valence electrons. The van der Waals surface area contributed by atoms with Crippen molar-refractivity contribution in [3.05, 3.63) is 170 Å². The minimum absolute atomic E-state index is 0.592. The van der Waals surface area contributed by atoms with Gasteiger partial charge in [0.05, 0.1) is 5.69 Å². The highest BCUT2D eigenvalue weighted by Crippen LogP contribution is 2.46. The molecule has 7 aromatic carbocycles. The van der Waals surface area contributed by atoms with Crippen LogP contribution in [0.3, 0.4) is 0 Å². The van der Waals surface area contributed by atoms with Crippen molar-refractivity contribution in [1.82, 2.24) is 15.0 Å². The maximum absolute atomic E-state index is 7.00. The Labute approximate surface area is 277 Å². The highest BCUT2D eigenvalue weighted by atomic mass is 16.3. The summed E-state index contributed by atoms with van der Waals surface area (Å²) in [5.41, 5.74) is 7.36. The number of rotatable bonds is 6. The molecule has 0 atom stereocenters. The molecule has 9 aromatic rings. The van der Waals surface area contributed by atoms with Crippen molar-refractivity contribution in [3.8, 4) is 34.2 Å². The summed E-state index contributed by atoms with van der Waals surface area (Å²) in [6, 6.07) is 57.8. The highest BCUT2D eigenvalue weighted by molar-refractivity contribution is 6.22. The largest absolute Gasteiger partial charge is 0.453 e. The molecule has 2 heterocycles. The average molecular weight is 617 g/mol. The molecule has 0 saturated heterocycles. The maximum atomic E-state index is 7.00. The van der Waals surface area contributed by atoms with Gasteiger partial charge in [0, 0.05) is 44.2 Å². The summed E-state index contributed by atoms with van der Waals surface area (Å²) < 4.78 is 7.00. The van der Waals surface area contributed by atoms with Gasteiger partial charge < -0.3 is 9.32 Å². The van der Waals surface area contributed by atoms with Gasteiger partial charge in [0.1, 0.15) is 5.58 Å². The Bertz CT molecular complexity index is 2450. The molecule has 0 radical (unpaired) electrons. The van der Waals surface area contributed by atoms with Crippen molar-refractivity contribution < 1.29 is 4.42 Å². The molecule has 0 unspecified atom stereocenters. The third-order valence-electron chi connectivity index (χ3n) is 8.68. The van der Waals surface area contributed by atoms with Gasteiger partial charge >= 0.3 is 0 Å². The highest BCUT2D eigenvalue weighted by Gasteiger charge is 2.24. The number of hydrogen-bond donors (Lipinski definition) is 0. The topological polar surface area (TPSA) is 55.1 Å². The third-order valence-corrected chi connectivity index (χ3v) is 8.68.